The van der Waals surface area contributed by atoms with Gasteiger partial charge in [-0.2, -0.15) is 0 Å². The number of rotatable bonds is 6. The van der Waals surface area contributed by atoms with E-state index in [-0.39, 0.29) is 0 Å². The van der Waals surface area contributed by atoms with E-state index in [4.69, 9.17) is 9.47 Å². The standard InChI is InChI=1S/C13H13NO3S/c1-2-16-12-5-3-4-10(6-15)13(12)17-7-11-8-18-9-14-11/h3-6,8-9H,2,7H2,1H3. The minimum atomic E-state index is 0.328. The fourth-order valence-electron chi connectivity index (χ4n) is 1.50. The van der Waals surface area contributed by atoms with Crippen molar-refractivity contribution in [1.82, 2.24) is 4.98 Å². The molecule has 0 aliphatic carbocycles. The number of thiazole rings is 1. The molecular formula is C13H13NO3S. The van der Waals surface area contributed by atoms with Crippen molar-refractivity contribution >= 4 is 17.6 Å². The van der Waals surface area contributed by atoms with Gasteiger partial charge in [-0.15, -0.1) is 11.3 Å². The molecule has 0 bridgehead atoms. The van der Waals surface area contributed by atoms with Gasteiger partial charge >= 0.3 is 0 Å². The van der Waals surface area contributed by atoms with E-state index in [1.54, 1.807) is 23.7 Å². The first-order chi connectivity index (χ1) is 8.85. The van der Waals surface area contributed by atoms with E-state index in [0.717, 1.165) is 12.0 Å². The van der Waals surface area contributed by atoms with E-state index < -0.39 is 0 Å². The third-order valence-electron chi connectivity index (χ3n) is 2.28. The van der Waals surface area contributed by atoms with Gasteiger partial charge in [0.05, 0.1) is 23.4 Å². The highest BCUT2D eigenvalue weighted by atomic mass is 32.1. The second kappa shape index (κ2) is 6.16. The molecule has 1 aromatic carbocycles. The van der Waals surface area contributed by atoms with Gasteiger partial charge in [0.2, 0.25) is 0 Å². The lowest BCUT2D eigenvalue weighted by Crippen LogP contribution is -2.02. The summed E-state index contributed by atoms with van der Waals surface area (Å²) in [6, 6.07) is 5.25. The summed E-state index contributed by atoms with van der Waals surface area (Å²) in [7, 11) is 0. The van der Waals surface area contributed by atoms with Crippen molar-refractivity contribution in [2.24, 2.45) is 0 Å². The number of aromatic nitrogens is 1. The van der Waals surface area contributed by atoms with Gasteiger partial charge in [0.1, 0.15) is 6.61 Å². The van der Waals surface area contributed by atoms with Gasteiger partial charge in [0.25, 0.3) is 0 Å². The third-order valence-corrected chi connectivity index (χ3v) is 2.92. The molecule has 2 aromatic rings. The zero-order chi connectivity index (χ0) is 12.8. The molecule has 0 fully saturated rings. The topological polar surface area (TPSA) is 48.4 Å². The first kappa shape index (κ1) is 12.6. The Morgan fingerprint density at radius 2 is 2.28 bits per heavy atom. The van der Waals surface area contributed by atoms with Crippen molar-refractivity contribution < 1.29 is 14.3 Å². The molecule has 0 radical (unpaired) electrons. The quantitative estimate of drug-likeness (QED) is 0.752. The van der Waals surface area contributed by atoms with Crippen molar-refractivity contribution in [3.05, 3.63) is 40.3 Å². The summed E-state index contributed by atoms with van der Waals surface area (Å²) in [5.41, 5.74) is 3.06. The number of ether oxygens (including phenoxy) is 2. The lowest BCUT2D eigenvalue weighted by molar-refractivity contribution is 0.111. The number of nitrogens with zero attached hydrogens (tertiary/aromatic N) is 1. The summed E-state index contributed by atoms with van der Waals surface area (Å²) in [5.74, 6) is 1.06. The van der Waals surface area contributed by atoms with Crippen LogP contribution in [0.15, 0.2) is 29.1 Å². The van der Waals surface area contributed by atoms with Crippen LogP contribution >= 0.6 is 11.3 Å². The van der Waals surface area contributed by atoms with Crippen molar-refractivity contribution in [3.8, 4) is 11.5 Å². The van der Waals surface area contributed by atoms with E-state index in [0.29, 0.717) is 30.3 Å². The van der Waals surface area contributed by atoms with Crippen LogP contribution in [0.25, 0.3) is 0 Å². The molecule has 0 N–H and O–H groups in total. The van der Waals surface area contributed by atoms with Crippen LogP contribution in [-0.2, 0) is 6.61 Å². The summed E-state index contributed by atoms with van der Waals surface area (Å²) >= 11 is 1.51. The van der Waals surface area contributed by atoms with Gasteiger partial charge in [0.15, 0.2) is 17.8 Å². The Bertz CT molecular complexity index is 511. The van der Waals surface area contributed by atoms with Crippen LogP contribution in [-0.4, -0.2) is 17.9 Å². The van der Waals surface area contributed by atoms with Crippen LogP contribution in [0, 0.1) is 0 Å². The molecule has 5 heteroatoms. The van der Waals surface area contributed by atoms with Crippen molar-refractivity contribution in [1.29, 1.82) is 0 Å². The Balaban J connectivity index is 2.20. The number of carbonyl (C=O) groups excluding carboxylic acids is 1. The minimum absolute atomic E-state index is 0.328. The predicted molar refractivity (Wildman–Crippen MR) is 69.4 cm³/mol. The van der Waals surface area contributed by atoms with Crippen LogP contribution in [0.5, 0.6) is 11.5 Å². The second-order valence-electron chi connectivity index (χ2n) is 3.49. The molecule has 18 heavy (non-hydrogen) atoms. The molecule has 1 aromatic heterocycles. The normalized spacial score (nSPS) is 10.1. The van der Waals surface area contributed by atoms with Crippen molar-refractivity contribution in [2.75, 3.05) is 6.61 Å². The Labute approximate surface area is 109 Å². The summed E-state index contributed by atoms with van der Waals surface area (Å²) in [5, 5.41) is 1.91. The van der Waals surface area contributed by atoms with Crippen LogP contribution in [0.2, 0.25) is 0 Å². The molecule has 0 spiro atoms. The maximum absolute atomic E-state index is 11.0. The average Bonchev–Trinajstić information content (AvgIpc) is 2.90. The molecule has 0 aliphatic heterocycles. The highest BCUT2D eigenvalue weighted by molar-refractivity contribution is 7.07. The van der Waals surface area contributed by atoms with Crippen LogP contribution in [0.3, 0.4) is 0 Å². The molecule has 0 aliphatic rings. The number of benzene rings is 1. The Morgan fingerprint density at radius 1 is 1.39 bits per heavy atom. The molecule has 0 saturated heterocycles. The van der Waals surface area contributed by atoms with Gasteiger partial charge in [-0.1, -0.05) is 6.07 Å². The van der Waals surface area contributed by atoms with E-state index in [2.05, 4.69) is 4.98 Å². The van der Waals surface area contributed by atoms with Crippen molar-refractivity contribution in [3.63, 3.8) is 0 Å². The molecule has 0 atom stereocenters. The number of hydrogen-bond acceptors (Lipinski definition) is 5. The molecule has 0 amide bonds. The summed E-state index contributed by atoms with van der Waals surface area (Å²) in [6.45, 7) is 2.74. The van der Waals surface area contributed by atoms with Gasteiger partial charge in [-0.3, -0.25) is 4.79 Å². The van der Waals surface area contributed by atoms with E-state index >= 15 is 0 Å². The molecule has 2 rings (SSSR count). The van der Waals surface area contributed by atoms with Crippen LogP contribution in [0.1, 0.15) is 23.0 Å². The maximum Gasteiger partial charge on any atom is 0.172 e. The van der Waals surface area contributed by atoms with E-state index in [1.165, 1.54) is 11.3 Å². The molecule has 94 valence electrons. The number of aldehydes is 1. The van der Waals surface area contributed by atoms with E-state index in [1.807, 2.05) is 12.3 Å². The predicted octanol–water partition coefficient (Wildman–Crippen LogP) is 2.93. The summed E-state index contributed by atoms with van der Waals surface area (Å²) in [4.78, 5) is 15.1. The SMILES string of the molecule is CCOc1cccc(C=O)c1OCc1cscn1. The number of hydrogen-bond donors (Lipinski definition) is 0. The van der Waals surface area contributed by atoms with Gasteiger partial charge in [0, 0.05) is 5.38 Å². The molecule has 4 nitrogen and oxygen atoms in total. The summed E-state index contributed by atoms with van der Waals surface area (Å²) in [6.07, 6.45) is 0.763. The zero-order valence-corrected chi connectivity index (χ0v) is 10.8. The molecule has 1 heterocycles. The van der Waals surface area contributed by atoms with Crippen molar-refractivity contribution in [2.45, 2.75) is 13.5 Å². The molecule has 0 saturated carbocycles. The number of carbonyl (C=O) groups is 1. The smallest absolute Gasteiger partial charge is 0.172 e. The highest BCUT2D eigenvalue weighted by Gasteiger charge is 2.11. The first-order valence-electron chi connectivity index (χ1n) is 5.56. The van der Waals surface area contributed by atoms with Gasteiger partial charge in [-0.25, -0.2) is 4.98 Å². The third kappa shape index (κ3) is 2.87. The van der Waals surface area contributed by atoms with Gasteiger partial charge in [-0.05, 0) is 19.1 Å². The van der Waals surface area contributed by atoms with Gasteiger partial charge < -0.3 is 9.47 Å². The van der Waals surface area contributed by atoms with E-state index in [9.17, 15) is 4.79 Å². The lowest BCUT2D eigenvalue weighted by atomic mass is 10.2. The first-order valence-corrected chi connectivity index (χ1v) is 6.50. The Morgan fingerprint density at radius 3 is 2.94 bits per heavy atom. The fraction of sp³-hybridized carbons (Fsp3) is 0.231. The Kier molecular flexibility index (Phi) is 4.30. The molecule has 0 unspecified atom stereocenters. The van der Waals surface area contributed by atoms with Crippen LogP contribution < -0.4 is 9.47 Å². The summed E-state index contributed by atoms with van der Waals surface area (Å²) < 4.78 is 11.1. The number of para-hydroxylation sites is 1. The second-order valence-corrected chi connectivity index (χ2v) is 4.21. The monoisotopic (exact) mass is 263 g/mol. The van der Waals surface area contributed by atoms with Crippen LogP contribution in [0.4, 0.5) is 0 Å². The molecular weight excluding hydrogens is 250 g/mol. The average molecular weight is 263 g/mol. The maximum atomic E-state index is 11.0. The zero-order valence-electron chi connectivity index (χ0n) is 9.96. The Hall–Kier alpha value is -1.88. The largest absolute Gasteiger partial charge is 0.490 e. The fourth-order valence-corrected chi connectivity index (χ4v) is 2.05. The lowest BCUT2D eigenvalue weighted by Gasteiger charge is -2.12. The minimum Gasteiger partial charge on any atom is -0.490 e. The highest BCUT2D eigenvalue weighted by Crippen LogP contribution is 2.31.